The maximum atomic E-state index is 12.3. The Morgan fingerprint density at radius 3 is 2.70 bits per heavy atom. The molecule has 0 saturated carbocycles. The quantitative estimate of drug-likeness (QED) is 0.885. The Morgan fingerprint density at radius 1 is 1.45 bits per heavy atom. The molecule has 1 saturated heterocycles. The van der Waals surface area contributed by atoms with Crippen molar-refractivity contribution < 1.29 is 22.7 Å². The number of carbonyl (C=O) groups is 1. The van der Waals surface area contributed by atoms with Gasteiger partial charge in [-0.3, -0.25) is 4.79 Å². The second kappa shape index (κ2) is 5.76. The summed E-state index contributed by atoms with van der Waals surface area (Å²) in [4.78, 5) is 15.1. The number of rotatable bonds is 3. The van der Waals surface area contributed by atoms with Gasteiger partial charge >= 0.3 is 6.18 Å². The second-order valence-electron chi connectivity index (χ2n) is 4.48. The van der Waals surface area contributed by atoms with E-state index in [2.05, 4.69) is 10.3 Å². The van der Waals surface area contributed by atoms with Gasteiger partial charge in [-0.2, -0.15) is 13.2 Å². The molecule has 0 spiro atoms. The number of carbonyl (C=O) groups excluding carboxylic acids is 1. The smallest absolute Gasteiger partial charge is 0.364 e. The minimum Gasteiger partial charge on any atom is -0.364 e. The van der Waals surface area contributed by atoms with Gasteiger partial charge in [0.15, 0.2) is 0 Å². The molecular weight excluding hydrogens is 275 g/mol. The zero-order chi connectivity index (χ0) is 14.8. The van der Waals surface area contributed by atoms with E-state index in [-0.39, 0.29) is 11.8 Å². The number of aromatic nitrogens is 1. The summed E-state index contributed by atoms with van der Waals surface area (Å²) < 4.78 is 42.4. The van der Waals surface area contributed by atoms with Crippen molar-refractivity contribution in [3.05, 3.63) is 24.0 Å². The molecule has 0 bridgehead atoms. The van der Waals surface area contributed by atoms with E-state index in [0.717, 1.165) is 18.3 Å². The Hall–Kier alpha value is -1.67. The third kappa shape index (κ3) is 3.45. The topological polar surface area (TPSA) is 77.2 Å². The maximum absolute atomic E-state index is 12.3. The van der Waals surface area contributed by atoms with E-state index in [1.807, 2.05) is 0 Å². The van der Waals surface area contributed by atoms with E-state index < -0.39 is 23.9 Å². The van der Waals surface area contributed by atoms with Crippen LogP contribution in [-0.4, -0.2) is 29.6 Å². The van der Waals surface area contributed by atoms with Crippen LogP contribution in [0.3, 0.4) is 0 Å². The molecule has 0 aromatic carbocycles. The number of nitrogens with two attached hydrogens (primary N) is 1. The number of pyridine rings is 1. The van der Waals surface area contributed by atoms with Crippen molar-refractivity contribution in [2.45, 2.75) is 31.2 Å². The first kappa shape index (κ1) is 14.7. The van der Waals surface area contributed by atoms with Crippen molar-refractivity contribution in [2.24, 2.45) is 5.73 Å². The lowest BCUT2D eigenvalue weighted by atomic mass is 10.2. The van der Waals surface area contributed by atoms with Crippen LogP contribution >= 0.6 is 0 Å². The standard InChI is InChI=1S/C12H14F3N3O2/c13-12(14,15)10-4-1-7(6-17-10)18-11(19)9-3-2-8(5-16)20-9/h1,4,6,8-9H,2-3,5,16H2,(H,18,19). The molecule has 0 radical (unpaired) electrons. The van der Waals surface area contributed by atoms with Crippen LogP contribution in [0.5, 0.6) is 0 Å². The molecule has 1 amide bonds. The van der Waals surface area contributed by atoms with Gasteiger partial charge in [0.05, 0.1) is 18.0 Å². The van der Waals surface area contributed by atoms with Crippen LogP contribution < -0.4 is 11.1 Å². The number of anilines is 1. The van der Waals surface area contributed by atoms with E-state index in [1.165, 1.54) is 0 Å². The number of alkyl halides is 3. The SMILES string of the molecule is NCC1CCC(C(=O)Nc2ccc(C(F)(F)F)nc2)O1. The van der Waals surface area contributed by atoms with E-state index >= 15 is 0 Å². The minimum absolute atomic E-state index is 0.142. The first-order valence-corrected chi connectivity index (χ1v) is 6.10. The molecular formula is C12H14F3N3O2. The van der Waals surface area contributed by atoms with Crippen LogP contribution in [0.2, 0.25) is 0 Å². The monoisotopic (exact) mass is 289 g/mol. The highest BCUT2D eigenvalue weighted by molar-refractivity contribution is 5.94. The molecule has 3 N–H and O–H groups in total. The first-order chi connectivity index (χ1) is 9.40. The van der Waals surface area contributed by atoms with Gasteiger partial charge < -0.3 is 15.8 Å². The molecule has 2 rings (SSSR count). The fourth-order valence-electron chi connectivity index (χ4n) is 1.93. The molecule has 1 fully saturated rings. The third-order valence-electron chi connectivity index (χ3n) is 2.98. The first-order valence-electron chi connectivity index (χ1n) is 6.10. The predicted molar refractivity (Wildman–Crippen MR) is 64.8 cm³/mol. The van der Waals surface area contributed by atoms with Gasteiger partial charge in [0, 0.05) is 6.54 Å². The highest BCUT2D eigenvalue weighted by atomic mass is 19.4. The summed E-state index contributed by atoms with van der Waals surface area (Å²) in [5.74, 6) is -0.400. The molecule has 0 aliphatic carbocycles. The Balaban J connectivity index is 1.95. The molecule has 2 atom stereocenters. The maximum Gasteiger partial charge on any atom is 0.433 e. The summed E-state index contributed by atoms with van der Waals surface area (Å²) in [6.07, 6.45) is -3.05. The molecule has 8 heteroatoms. The number of nitrogens with one attached hydrogen (secondary N) is 1. The summed E-state index contributed by atoms with van der Waals surface area (Å²) in [5, 5.41) is 2.47. The third-order valence-corrected chi connectivity index (χ3v) is 2.98. The van der Waals surface area contributed by atoms with Crippen molar-refractivity contribution in [3.63, 3.8) is 0 Å². The average molecular weight is 289 g/mol. The average Bonchev–Trinajstić information content (AvgIpc) is 2.87. The largest absolute Gasteiger partial charge is 0.433 e. The number of halogens is 3. The van der Waals surface area contributed by atoms with Gasteiger partial charge in [0.2, 0.25) is 0 Å². The van der Waals surface area contributed by atoms with Gasteiger partial charge in [-0.15, -0.1) is 0 Å². The van der Waals surface area contributed by atoms with Crippen molar-refractivity contribution in [3.8, 4) is 0 Å². The predicted octanol–water partition coefficient (Wildman–Crippen LogP) is 1.55. The van der Waals surface area contributed by atoms with Gasteiger partial charge in [0.1, 0.15) is 11.8 Å². The van der Waals surface area contributed by atoms with Crippen molar-refractivity contribution in [1.29, 1.82) is 0 Å². The van der Waals surface area contributed by atoms with E-state index in [9.17, 15) is 18.0 Å². The van der Waals surface area contributed by atoms with Crippen molar-refractivity contribution in [2.75, 3.05) is 11.9 Å². The summed E-state index contributed by atoms with van der Waals surface area (Å²) in [5.41, 5.74) is 4.63. The number of hydrogen-bond donors (Lipinski definition) is 2. The van der Waals surface area contributed by atoms with Crippen molar-refractivity contribution >= 4 is 11.6 Å². The molecule has 5 nitrogen and oxygen atoms in total. The minimum atomic E-state index is -4.49. The Morgan fingerprint density at radius 2 is 2.20 bits per heavy atom. The summed E-state index contributed by atoms with van der Waals surface area (Å²) >= 11 is 0. The summed E-state index contributed by atoms with van der Waals surface area (Å²) in [6, 6.07) is 1.97. The Labute approximate surface area is 113 Å². The van der Waals surface area contributed by atoms with Crippen molar-refractivity contribution in [1.82, 2.24) is 4.98 Å². The zero-order valence-corrected chi connectivity index (χ0v) is 10.5. The molecule has 20 heavy (non-hydrogen) atoms. The fourth-order valence-corrected chi connectivity index (χ4v) is 1.93. The van der Waals surface area contributed by atoms with Crippen LogP contribution in [0.4, 0.5) is 18.9 Å². The summed E-state index contributed by atoms with van der Waals surface area (Å²) in [6.45, 7) is 0.339. The molecule has 1 aliphatic heterocycles. The zero-order valence-electron chi connectivity index (χ0n) is 10.5. The molecule has 1 aromatic rings. The normalized spacial score (nSPS) is 22.8. The van der Waals surface area contributed by atoms with Crippen LogP contribution in [0.15, 0.2) is 18.3 Å². The molecule has 110 valence electrons. The van der Waals surface area contributed by atoms with Gasteiger partial charge in [-0.25, -0.2) is 4.98 Å². The molecule has 2 heterocycles. The summed E-state index contributed by atoms with van der Waals surface area (Å²) in [7, 11) is 0. The Bertz CT molecular complexity index is 476. The lowest BCUT2D eigenvalue weighted by Crippen LogP contribution is -2.29. The van der Waals surface area contributed by atoms with Crippen LogP contribution in [0.1, 0.15) is 18.5 Å². The molecule has 1 aliphatic rings. The van der Waals surface area contributed by atoms with E-state index in [1.54, 1.807) is 0 Å². The van der Waals surface area contributed by atoms with Crippen LogP contribution in [-0.2, 0) is 15.7 Å². The Kier molecular flexibility index (Phi) is 4.24. The fraction of sp³-hybridized carbons (Fsp3) is 0.500. The lowest BCUT2D eigenvalue weighted by Gasteiger charge is -2.13. The number of hydrogen-bond acceptors (Lipinski definition) is 4. The highest BCUT2D eigenvalue weighted by Crippen LogP contribution is 2.28. The number of ether oxygens (including phenoxy) is 1. The van der Waals surface area contributed by atoms with E-state index in [0.29, 0.717) is 19.4 Å². The molecule has 2 unspecified atom stereocenters. The van der Waals surface area contributed by atoms with Gasteiger partial charge in [-0.1, -0.05) is 0 Å². The number of nitrogens with zero attached hydrogens (tertiary/aromatic N) is 1. The van der Waals surface area contributed by atoms with Crippen LogP contribution in [0.25, 0.3) is 0 Å². The number of amides is 1. The highest BCUT2D eigenvalue weighted by Gasteiger charge is 2.32. The lowest BCUT2D eigenvalue weighted by molar-refractivity contribution is -0.141. The van der Waals surface area contributed by atoms with Crippen LogP contribution in [0, 0.1) is 0 Å². The van der Waals surface area contributed by atoms with Gasteiger partial charge in [0.25, 0.3) is 5.91 Å². The molecule has 1 aromatic heterocycles. The van der Waals surface area contributed by atoms with Gasteiger partial charge in [-0.05, 0) is 25.0 Å². The van der Waals surface area contributed by atoms with E-state index in [4.69, 9.17) is 10.5 Å². The second-order valence-corrected chi connectivity index (χ2v) is 4.48.